The van der Waals surface area contributed by atoms with Gasteiger partial charge in [0.1, 0.15) is 5.82 Å². The number of anilines is 2. The minimum Gasteiger partial charge on any atom is -0.312 e. The maximum absolute atomic E-state index is 13.6. The Balaban J connectivity index is 1.33. The molecule has 0 aliphatic carbocycles. The van der Waals surface area contributed by atoms with Crippen LogP contribution in [0.5, 0.6) is 0 Å². The van der Waals surface area contributed by atoms with E-state index in [9.17, 15) is 19.2 Å². The topological polar surface area (TPSA) is 77.3 Å². The van der Waals surface area contributed by atoms with Gasteiger partial charge >= 0.3 is 0 Å². The van der Waals surface area contributed by atoms with Gasteiger partial charge in [-0.15, -0.1) is 0 Å². The third-order valence-electron chi connectivity index (χ3n) is 7.13. The van der Waals surface area contributed by atoms with Crippen LogP contribution in [-0.2, 0) is 27.8 Å². The number of pyridine rings is 1. The van der Waals surface area contributed by atoms with E-state index < -0.39 is 5.92 Å². The minimum atomic E-state index is -0.440. The molecule has 0 bridgehead atoms. The number of aryl methyl sites for hydroxylation is 2. The van der Waals surface area contributed by atoms with E-state index in [1.165, 1.54) is 12.3 Å². The van der Waals surface area contributed by atoms with Crippen molar-refractivity contribution in [3.8, 4) is 6.07 Å². The number of hydrogen-bond acceptors (Lipinski definition) is 4. The Morgan fingerprint density at radius 1 is 1.14 bits per heavy atom. The quantitative estimate of drug-likeness (QED) is 0.534. The molecular weight excluding hydrogens is 455 g/mol. The van der Waals surface area contributed by atoms with Crippen LogP contribution in [-0.4, -0.2) is 29.9 Å². The average Bonchev–Trinajstić information content (AvgIpc) is 3.39. The van der Waals surface area contributed by atoms with E-state index in [2.05, 4.69) is 31.0 Å². The molecular formula is C29H27FN4O2. The van der Waals surface area contributed by atoms with Crippen molar-refractivity contribution in [2.45, 2.75) is 38.5 Å². The van der Waals surface area contributed by atoms with Crippen molar-refractivity contribution in [3.05, 3.63) is 89.0 Å². The van der Waals surface area contributed by atoms with E-state index in [1.807, 2.05) is 17.0 Å². The van der Waals surface area contributed by atoms with Crippen molar-refractivity contribution in [2.75, 3.05) is 22.9 Å². The fourth-order valence-electron chi connectivity index (χ4n) is 5.25. The number of nitriles is 1. The van der Waals surface area contributed by atoms with Gasteiger partial charge in [-0.25, -0.2) is 4.39 Å². The molecule has 3 heterocycles. The first-order valence-electron chi connectivity index (χ1n) is 12.1. The first kappa shape index (κ1) is 23.7. The molecule has 3 aromatic rings. The summed E-state index contributed by atoms with van der Waals surface area (Å²) in [6.45, 7) is 5.10. The predicted molar refractivity (Wildman–Crippen MR) is 135 cm³/mol. The monoisotopic (exact) mass is 482 g/mol. The van der Waals surface area contributed by atoms with Gasteiger partial charge in [-0.2, -0.15) is 5.26 Å². The lowest BCUT2D eigenvalue weighted by Gasteiger charge is -2.23. The Morgan fingerprint density at radius 2 is 1.94 bits per heavy atom. The number of amides is 2. The molecule has 1 atom stereocenters. The maximum Gasteiger partial charge on any atom is 0.232 e. The first-order chi connectivity index (χ1) is 17.2. The highest BCUT2D eigenvalue weighted by Crippen LogP contribution is 2.42. The van der Waals surface area contributed by atoms with E-state index in [0.29, 0.717) is 30.8 Å². The Kier molecular flexibility index (Phi) is 6.05. The zero-order valence-electron chi connectivity index (χ0n) is 20.4. The van der Waals surface area contributed by atoms with E-state index in [1.54, 1.807) is 35.4 Å². The van der Waals surface area contributed by atoms with Gasteiger partial charge in [0, 0.05) is 42.5 Å². The van der Waals surface area contributed by atoms with Crippen molar-refractivity contribution in [3.63, 3.8) is 0 Å². The van der Waals surface area contributed by atoms with Crippen LogP contribution in [0.25, 0.3) is 0 Å². The summed E-state index contributed by atoms with van der Waals surface area (Å²) in [4.78, 5) is 33.8. The lowest BCUT2D eigenvalue weighted by Crippen LogP contribution is -2.39. The second kappa shape index (κ2) is 9.19. The number of carbonyl (C=O) groups excluding carboxylic acids is 2. The summed E-state index contributed by atoms with van der Waals surface area (Å²) in [5.74, 6) is -0.930. The van der Waals surface area contributed by atoms with Crippen molar-refractivity contribution in [2.24, 2.45) is 5.92 Å². The fourth-order valence-corrected chi connectivity index (χ4v) is 5.25. The highest BCUT2D eigenvalue weighted by atomic mass is 19.1. The summed E-state index contributed by atoms with van der Waals surface area (Å²) >= 11 is 0. The summed E-state index contributed by atoms with van der Waals surface area (Å²) in [6, 6.07) is 16.7. The zero-order valence-corrected chi connectivity index (χ0v) is 20.4. The number of nitrogens with zero attached hydrogens (tertiary/aromatic N) is 4. The summed E-state index contributed by atoms with van der Waals surface area (Å²) in [7, 11) is 0. The molecule has 2 aliphatic rings. The minimum absolute atomic E-state index is 0.0484. The van der Waals surface area contributed by atoms with Gasteiger partial charge in [-0.05, 0) is 59.9 Å². The molecule has 0 N–H and O–H groups in total. The molecule has 36 heavy (non-hydrogen) atoms. The van der Waals surface area contributed by atoms with Crippen LogP contribution in [0.2, 0.25) is 0 Å². The van der Waals surface area contributed by atoms with Crippen molar-refractivity contribution in [1.29, 1.82) is 5.26 Å². The van der Waals surface area contributed by atoms with Crippen LogP contribution >= 0.6 is 0 Å². The predicted octanol–water partition coefficient (Wildman–Crippen LogP) is 4.55. The number of benzene rings is 2. The third kappa shape index (κ3) is 4.47. The Morgan fingerprint density at radius 3 is 2.72 bits per heavy atom. The molecule has 0 spiro atoms. The highest BCUT2D eigenvalue weighted by Gasteiger charge is 2.43. The third-order valence-corrected chi connectivity index (χ3v) is 7.13. The molecule has 0 unspecified atom stereocenters. The molecule has 2 aromatic carbocycles. The number of rotatable bonds is 5. The Labute approximate surface area is 210 Å². The van der Waals surface area contributed by atoms with Gasteiger partial charge in [0.15, 0.2) is 0 Å². The molecule has 0 saturated carbocycles. The first-order valence-corrected chi connectivity index (χ1v) is 12.1. The number of aromatic nitrogens is 1. The second-order valence-corrected chi connectivity index (χ2v) is 10.2. The molecule has 6 nitrogen and oxygen atoms in total. The fraction of sp³-hybridized carbons (Fsp3) is 0.310. The summed E-state index contributed by atoms with van der Waals surface area (Å²) < 4.78 is 13.5. The standard InChI is InChI=1S/C29H27FN4O2/c1-29(2)18-34(26-9-8-19(12-25(26)29)6-7-21-10-23(30)16-32-15-21)28(36)22-13-27(35)33(17-22)24-5-3-4-20(11-24)14-31/h3-5,8-12,15-16,22H,6-7,13,17-18H2,1-2H3/t22-/m0/s1. The van der Waals surface area contributed by atoms with Gasteiger partial charge in [-0.3, -0.25) is 14.6 Å². The molecule has 1 fully saturated rings. The largest absolute Gasteiger partial charge is 0.312 e. The van der Waals surface area contributed by atoms with Crippen LogP contribution < -0.4 is 9.80 Å². The smallest absolute Gasteiger partial charge is 0.232 e. The molecule has 2 aliphatic heterocycles. The molecule has 1 aromatic heterocycles. The van der Waals surface area contributed by atoms with Crippen LogP contribution in [0.1, 0.15) is 42.5 Å². The van der Waals surface area contributed by atoms with Gasteiger partial charge in [0.25, 0.3) is 0 Å². The van der Waals surface area contributed by atoms with Gasteiger partial charge < -0.3 is 9.80 Å². The molecule has 182 valence electrons. The van der Waals surface area contributed by atoms with Gasteiger partial charge in [0.05, 0.1) is 23.7 Å². The lowest BCUT2D eigenvalue weighted by atomic mass is 9.85. The summed E-state index contributed by atoms with van der Waals surface area (Å²) in [5, 5.41) is 9.19. The summed E-state index contributed by atoms with van der Waals surface area (Å²) in [6.07, 6.45) is 4.47. The maximum atomic E-state index is 13.6. The molecule has 7 heteroatoms. The number of halogens is 1. The second-order valence-electron chi connectivity index (χ2n) is 10.2. The number of carbonyl (C=O) groups is 2. The van der Waals surface area contributed by atoms with E-state index >= 15 is 0 Å². The van der Waals surface area contributed by atoms with Crippen molar-refractivity contribution >= 4 is 23.2 Å². The molecule has 1 saturated heterocycles. The van der Waals surface area contributed by atoms with Crippen LogP contribution in [0.3, 0.4) is 0 Å². The van der Waals surface area contributed by atoms with Gasteiger partial charge in [0.2, 0.25) is 11.8 Å². The van der Waals surface area contributed by atoms with Gasteiger partial charge in [-0.1, -0.05) is 32.0 Å². The molecule has 2 amide bonds. The molecule has 5 rings (SSSR count). The van der Waals surface area contributed by atoms with Crippen LogP contribution in [0.15, 0.2) is 60.9 Å². The lowest BCUT2D eigenvalue weighted by molar-refractivity contribution is -0.124. The van der Waals surface area contributed by atoms with E-state index in [0.717, 1.165) is 28.8 Å². The number of hydrogen-bond donors (Lipinski definition) is 0. The SMILES string of the molecule is CC1(C)CN(C(=O)[C@H]2CC(=O)N(c3cccc(C#N)c3)C2)c2ccc(CCc3cncc(F)c3)cc21. The molecule has 0 radical (unpaired) electrons. The van der Waals surface area contributed by atoms with E-state index in [4.69, 9.17) is 0 Å². The Hall–Kier alpha value is -4.05. The normalized spacial score (nSPS) is 18.3. The van der Waals surface area contributed by atoms with Crippen molar-refractivity contribution in [1.82, 2.24) is 4.98 Å². The van der Waals surface area contributed by atoms with Crippen LogP contribution in [0.4, 0.5) is 15.8 Å². The Bertz CT molecular complexity index is 1390. The van der Waals surface area contributed by atoms with E-state index in [-0.39, 0.29) is 29.5 Å². The summed E-state index contributed by atoms with van der Waals surface area (Å²) in [5.41, 5.74) is 4.86. The van der Waals surface area contributed by atoms with Crippen LogP contribution in [0, 0.1) is 23.1 Å². The zero-order chi connectivity index (χ0) is 25.4. The number of fused-ring (bicyclic) bond motifs is 1. The highest BCUT2D eigenvalue weighted by molar-refractivity contribution is 6.05. The average molecular weight is 483 g/mol. The van der Waals surface area contributed by atoms with Crippen molar-refractivity contribution < 1.29 is 14.0 Å².